The molecule has 0 aromatic heterocycles. The van der Waals surface area contributed by atoms with Gasteiger partial charge in [0.2, 0.25) is 0 Å². The molecular weight excluding hydrogens is 516 g/mol. The Kier molecular flexibility index (Phi) is 8.31. The van der Waals surface area contributed by atoms with Crippen molar-refractivity contribution in [1.82, 2.24) is 9.80 Å². The summed E-state index contributed by atoms with van der Waals surface area (Å²) in [7, 11) is 6.84. The number of methoxy groups -OCH3 is 4. The minimum atomic E-state index is 0.169. The van der Waals surface area contributed by atoms with Crippen LogP contribution in [0.1, 0.15) is 60.5 Å². The molecule has 0 unspecified atom stereocenters. The maximum absolute atomic E-state index is 5.70. The van der Waals surface area contributed by atoms with Crippen LogP contribution >= 0.6 is 24.8 Å². The van der Waals surface area contributed by atoms with Gasteiger partial charge in [0.25, 0.3) is 0 Å². The molecule has 206 valence electrons. The first-order valence-corrected chi connectivity index (χ1v) is 14.5. The Morgan fingerprint density at radius 2 is 1.39 bits per heavy atom. The van der Waals surface area contributed by atoms with Gasteiger partial charge in [-0.3, -0.25) is 4.90 Å². The molecule has 0 amide bonds. The minimum absolute atomic E-state index is 0.169. The van der Waals surface area contributed by atoms with Crippen LogP contribution in [-0.2, 0) is 12.8 Å². The highest BCUT2D eigenvalue weighted by Crippen LogP contribution is 2.49. The lowest BCUT2D eigenvalue weighted by Crippen LogP contribution is -2.47. The van der Waals surface area contributed by atoms with Gasteiger partial charge in [0.05, 0.1) is 34.5 Å². The Balaban J connectivity index is 1.49. The second-order valence-corrected chi connectivity index (χ2v) is 11.8. The van der Waals surface area contributed by atoms with E-state index in [0.717, 1.165) is 68.3 Å². The van der Waals surface area contributed by atoms with E-state index in [1.165, 1.54) is 28.7 Å². The van der Waals surface area contributed by atoms with Crippen LogP contribution in [0, 0.1) is 11.8 Å². The summed E-state index contributed by atoms with van der Waals surface area (Å²) in [6, 6.07) is 9.27. The SMILES string of the molecule is CC[C@H]1CN2CCc3cc(OC)c(OC)cc3[C@@H]2C[C@@H]1C[C@@H]1c2cc(OC)c(OC)cc2CCN1C(=S)S. The summed E-state index contributed by atoms with van der Waals surface area (Å²) in [6.45, 7) is 5.42. The predicted molar refractivity (Wildman–Crippen MR) is 158 cm³/mol. The second-order valence-electron chi connectivity index (χ2n) is 10.7. The third-order valence-electron chi connectivity index (χ3n) is 9.07. The van der Waals surface area contributed by atoms with E-state index in [0.29, 0.717) is 22.2 Å². The van der Waals surface area contributed by atoms with Crippen molar-refractivity contribution in [3.8, 4) is 23.0 Å². The normalized spacial score (nSPS) is 24.6. The number of thiol groups is 1. The van der Waals surface area contributed by atoms with Gasteiger partial charge >= 0.3 is 0 Å². The highest BCUT2D eigenvalue weighted by Gasteiger charge is 2.41. The molecule has 3 heterocycles. The zero-order valence-corrected chi connectivity index (χ0v) is 24.9. The van der Waals surface area contributed by atoms with Gasteiger partial charge in [-0.25, -0.2) is 0 Å². The first-order valence-electron chi connectivity index (χ1n) is 13.6. The van der Waals surface area contributed by atoms with Gasteiger partial charge in [-0.15, -0.1) is 12.6 Å². The lowest BCUT2D eigenvalue weighted by atomic mass is 9.72. The van der Waals surface area contributed by atoms with Gasteiger partial charge in [-0.1, -0.05) is 25.6 Å². The van der Waals surface area contributed by atoms with Crippen LogP contribution in [0.4, 0.5) is 0 Å². The molecule has 1 saturated heterocycles. The largest absolute Gasteiger partial charge is 0.493 e. The van der Waals surface area contributed by atoms with Crippen LogP contribution in [0.2, 0.25) is 0 Å². The Labute approximate surface area is 238 Å². The number of fused-ring (bicyclic) bond motifs is 4. The number of hydrogen-bond acceptors (Lipinski definition) is 6. The summed E-state index contributed by atoms with van der Waals surface area (Å²) < 4.78 is 23.3. The summed E-state index contributed by atoms with van der Waals surface area (Å²) in [5.41, 5.74) is 5.39. The van der Waals surface area contributed by atoms with Crippen molar-refractivity contribution in [2.45, 2.75) is 51.1 Å². The van der Waals surface area contributed by atoms with Crippen LogP contribution in [0.15, 0.2) is 24.3 Å². The smallest absolute Gasteiger partial charge is 0.161 e. The highest BCUT2D eigenvalue weighted by atomic mass is 32.1. The van der Waals surface area contributed by atoms with Crippen LogP contribution in [0.25, 0.3) is 0 Å². The first-order chi connectivity index (χ1) is 18.4. The molecule has 0 bridgehead atoms. The van der Waals surface area contributed by atoms with Crippen LogP contribution < -0.4 is 18.9 Å². The molecule has 5 rings (SSSR count). The molecule has 2 aromatic rings. The summed E-state index contributed by atoms with van der Waals surface area (Å²) in [5.74, 6) is 4.38. The van der Waals surface area contributed by atoms with E-state index in [1.54, 1.807) is 28.4 Å². The van der Waals surface area contributed by atoms with Gasteiger partial charge < -0.3 is 23.8 Å². The molecule has 2 aromatic carbocycles. The predicted octanol–water partition coefficient (Wildman–Crippen LogP) is 5.87. The summed E-state index contributed by atoms with van der Waals surface area (Å²) >= 11 is 10.3. The molecule has 1 fully saturated rings. The quantitative estimate of drug-likeness (QED) is 0.338. The molecule has 3 aliphatic heterocycles. The van der Waals surface area contributed by atoms with E-state index < -0.39 is 0 Å². The van der Waals surface area contributed by atoms with Gasteiger partial charge in [0.1, 0.15) is 4.32 Å². The van der Waals surface area contributed by atoms with Crippen molar-refractivity contribution in [2.75, 3.05) is 48.1 Å². The number of thiocarbonyl (C=S) groups is 1. The van der Waals surface area contributed by atoms with Gasteiger partial charge in [-0.2, -0.15) is 0 Å². The van der Waals surface area contributed by atoms with Crippen molar-refractivity contribution in [3.05, 3.63) is 46.5 Å². The summed E-state index contributed by atoms with van der Waals surface area (Å²) in [6.07, 6.45) is 5.29. The summed E-state index contributed by atoms with van der Waals surface area (Å²) in [4.78, 5) is 5.01. The van der Waals surface area contributed by atoms with E-state index in [2.05, 4.69) is 53.6 Å². The molecule has 0 aliphatic carbocycles. The highest BCUT2D eigenvalue weighted by molar-refractivity contribution is 8.10. The molecule has 0 spiro atoms. The Morgan fingerprint density at radius 1 is 0.842 bits per heavy atom. The lowest BCUT2D eigenvalue weighted by Gasteiger charge is -2.49. The number of hydrogen-bond donors (Lipinski definition) is 1. The van der Waals surface area contributed by atoms with E-state index in [4.69, 9.17) is 31.2 Å². The number of ether oxygens (including phenoxy) is 4. The molecular formula is C30H40N2O4S2. The van der Waals surface area contributed by atoms with Crippen molar-refractivity contribution in [3.63, 3.8) is 0 Å². The zero-order chi connectivity index (χ0) is 27.0. The van der Waals surface area contributed by atoms with Crippen LogP contribution in [0.3, 0.4) is 0 Å². The van der Waals surface area contributed by atoms with E-state index in [1.807, 2.05) is 0 Å². The molecule has 0 radical (unpaired) electrons. The third-order valence-corrected chi connectivity index (χ3v) is 9.57. The van der Waals surface area contributed by atoms with Gasteiger partial charge in [0, 0.05) is 25.7 Å². The Morgan fingerprint density at radius 3 is 1.97 bits per heavy atom. The number of benzene rings is 2. The standard InChI is InChI=1S/C30H40N2O4S2/c1-6-18-17-31-9-7-19-13-26(33-2)28(35-4)15-22(19)24(31)11-21(18)12-25-23-16-29(36-5)27(34-3)14-20(23)8-10-32(25)30(37)38/h13-16,18,21,24-25H,6-12,17H2,1-5H3,(H,37,38)/t18-,21+,24-,25+/m0/s1. The molecule has 0 N–H and O–H groups in total. The maximum Gasteiger partial charge on any atom is 0.161 e. The number of piperidine rings is 1. The second kappa shape index (κ2) is 11.5. The van der Waals surface area contributed by atoms with Crippen LogP contribution in [0.5, 0.6) is 23.0 Å². The van der Waals surface area contributed by atoms with Gasteiger partial charge in [0.15, 0.2) is 23.0 Å². The molecule has 6 nitrogen and oxygen atoms in total. The number of nitrogens with zero attached hydrogens (tertiary/aromatic N) is 2. The zero-order valence-electron chi connectivity index (χ0n) is 23.2. The number of rotatable bonds is 7. The topological polar surface area (TPSA) is 43.4 Å². The molecule has 0 saturated carbocycles. The van der Waals surface area contributed by atoms with Crippen molar-refractivity contribution in [2.24, 2.45) is 11.8 Å². The van der Waals surface area contributed by atoms with Crippen molar-refractivity contribution >= 4 is 29.2 Å². The Hall–Kier alpha value is -2.16. The van der Waals surface area contributed by atoms with E-state index >= 15 is 0 Å². The van der Waals surface area contributed by atoms with E-state index in [-0.39, 0.29) is 6.04 Å². The molecule has 8 heteroatoms. The minimum Gasteiger partial charge on any atom is -0.493 e. The summed E-state index contributed by atoms with van der Waals surface area (Å²) in [5, 5.41) is 0. The van der Waals surface area contributed by atoms with Crippen molar-refractivity contribution < 1.29 is 18.9 Å². The maximum atomic E-state index is 5.70. The molecule has 38 heavy (non-hydrogen) atoms. The first kappa shape index (κ1) is 27.4. The molecule has 3 aliphatic rings. The van der Waals surface area contributed by atoms with Gasteiger partial charge in [-0.05, 0) is 84.0 Å². The monoisotopic (exact) mass is 556 g/mol. The fourth-order valence-corrected chi connectivity index (χ4v) is 7.51. The Bertz CT molecular complexity index is 1190. The third kappa shape index (κ3) is 4.95. The van der Waals surface area contributed by atoms with Crippen LogP contribution in [-0.4, -0.2) is 62.2 Å². The van der Waals surface area contributed by atoms with E-state index in [9.17, 15) is 0 Å². The average Bonchev–Trinajstić information content (AvgIpc) is 2.94. The fraction of sp³-hybridized carbons (Fsp3) is 0.567. The molecule has 4 atom stereocenters. The average molecular weight is 557 g/mol. The fourth-order valence-electron chi connectivity index (χ4n) is 7.05. The van der Waals surface area contributed by atoms with Crippen molar-refractivity contribution in [1.29, 1.82) is 0 Å². The lowest BCUT2D eigenvalue weighted by molar-refractivity contribution is 0.0381.